The quantitative estimate of drug-likeness (QED) is 0.801. The molecule has 0 N–H and O–H groups in total. The van der Waals surface area contributed by atoms with E-state index in [4.69, 9.17) is 0 Å². The molecule has 0 radical (unpaired) electrons. The highest BCUT2D eigenvalue weighted by Gasteiger charge is 2.33. The van der Waals surface area contributed by atoms with Crippen LogP contribution in [-0.2, 0) is 14.8 Å². The van der Waals surface area contributed by atoms with E-state index in [1.807, 2.05) is 13.0 Å². The number of carbonyl (C=O) groups is 1. The number of piperazine rings is 1. The number of anilines is 1. The molecule has 1 amide bonds. The average Bonchev–Trinajstić information content (AvgIpc) is 2.53. The number of nitrogens with zero attached hydrogens (tertiary/aromatic N) is 3. The molecule has 1 atom stereocenters. The Morgan fingerprint density at radius 1 is 1.25 bits per heavy atom. The molecule has 1 aromatic carbocycles. The van der Waals surface area contributed by atoms with E-state index in [0.717, 1.165) is 31.5 Å². The van der Waals surface area contributed by atoms with Crippen molar-refractivity contribution in [3.8, 4) is 0 Å². The number of carbonyl (C=O) groups excluding carboxylic acids is 1. The van der Waals surface area contributed by atoms with Crippen molar-refractivity contribution in [3.05, 3.63) is 29.8 Å². The van der Waals surface area contributed by atoms with Gasteiger partial charge in [0.2, 0.25) is 15.9 Å². The maximum Gasteiger partial charge on any atom is 0.246 e. The maximum atomic E-state index is 12.8. The second-order valence-electron chi connectivity index (χ2n) is 6.33. The molecule has 1 aliphatic rings. The van der Waals surface area contributed by atoms with Crippen LogP contribution in [0.5, 0.6) is 0 Å². The lowest BCUT2D eigenvalue weighted by molar-refractivity contribution is -0.133. The van der Waals surface area contributed by atoms with Gasteiger partial charge in [-0.05, 0) is 38.1 Å². The van der Waals surface area contributed by atoms with Crippen molar-refractivity contribution in [2.75, 3.05) is 43.3 Å². The van der Waals surface area contributed by atoms with Crippen molar-refractivity contribution >= 4 is 21.6 Å². The fourth-order valence-electron chi connectivity index (χ4n) is 3.12. The first-order valence-electron chi connectivity index (χ1n) is 8.31. The standard InChI is InChI=1S/C17H27N3O3S/c1-5-18-9-11-19(12-10-18)17(21)15(3)20(24(4,22)23)16-8-6-7-14(2)13-16/h6-8,13,15H,5,9-12H2,1-4H3/t15-/m0/s1. The summed E-state index contributed by atoms with van der Waals surface area (Å²) in [6, 6.07) is 6.47. The van der Waals surface area contributed by atoms with Gasteiger partial charge in [-0.15, -0.1) is 0 Å². The molecule has 1 saturated heterocycles. The Hall–Kier alpha value is -1.60. The third-order valence-corrected chi connectivity index (χ3v) is 5.70. The predicted molar refractivity (Wildman–Crippen MR) is 96.7 cm³/mol. The number of sulfonamides is 1. The first kappa shape index (κ1) is 18.7. The van der Waals surface area contributed by atoms with Gasteiger partial charge in [-0.3, -0.25) is 9.10 Å². The van der Waals surface area contributed by atoms with Crippen LogP contribution < -0.4 is 4.31 Å². The Morgan fingerprint density at radius 2 is 1.88 bits per heavy atom. The van der Waals surface area contributed by atoms with Crippen molar-refractivity contribution in [2.24, 2.45) is 0 Å². The lowest BCUT2D eigenvalue weighted by Crippen LogP contribution is -2.55. The van der Waals surface area contributed by atoms with Gasteiger partial charge in [0.25, 0.3) is 0 Å². The summed E-state index contributed by atoms with van der Waals surface area (Å²) in [5.41, 5.74) is 1.49. The van der Waals surface area contributed by atoms with Crippen molar-refractivity contribution in [3.63, 3.8) is 0 Å². The topological polar surface area (TPSA) is 60.9 Å². The third-order valence-electron chi connectivity index (χ3n) is 4.45. The highest BCUT2D eigenvalue weighted by Crippen LogP contribution is 2.23. The Bertz CT molecular complexity index is 682. The minimum absolute atomic E-state index is 0.141. The van der Waals surface area contributed by atoms with E-state index in [0.29, 0.717) is 18.8 Å². The summed E-state index contributed by atoms with van der Waals surface area (Å²) in [5.74, 6) is -0.141. The number of aryl methyl sites for hydroxylation is 1. The highest BCUT2D eigenvalue weighted by molar-refractivity contribution is 7.92. The molecule has 0 saturated carbocycles. The Morgan fingerprint density at radius 3 is 2.38 bits per heavy atom. The molecule has 2 rings (SSSR count). The third kappa shape index (κ3) is 4.27. The van der Waals surface area contributed by atoms with Crippen molar-refractivity contribution in [1.29, 1.82) is 0 Å². The van der Waals surface area contributed by atoms with Gasteiger partial charge in [0.05, 0.1) is 11.9 Å². The summed E-state index contributed by atoms with van der Waals surface area (Å²) in [5, 5.41) is 0. The van der Waals surface area contributed by atoms with Crippen molar-refractivity contribution in [1.82, 2.24) is 9.80 Å². The number of amides is 1. The molecule has 0 unspecified atom stereocenters. The fourth-order valence-corrected chi connectivity index (χ4v) is 4.28. The van der Waals surface area contributed by atoms with Gasteiger partial charge in [0, 0.05) is 26.2 Å². The summed E-state index contributed by atoms with van der Waals surface area (Å²) in [6.07, 6.45) is 1.15. The molecule has 0 bridgehead atoms. The zero-order valence-electron chi connectivity index (χ0n) is 14.9. The maximum absolute atomic E-state index is 12.8. The molecule has 7 heteroatoms. The molecule has 0 aliphatic carbocycles. The lowest BCUT2D eigenvalue weighted by Gasteiger charge is -2.37. The molecule has 134 valence electrons. The van der Waals surface area contributed by atoms with Crippen molar-refractivity contribution in [2.45, 2.75) is 26.8 Å². The second kappa shape index (κ2) is 7.53. The fraction of sp³-hybridized carbons (Fsp3) is 0.588. The SMILES string of the molecule is CCN1CCN(C(=O)[C@H](C)N(c2cccc(C)c2)S(C)(=O)=O)CC1. The summed E-state index contributed by atoms with van der Waals surface area (Å²) in [6.45, 7) is 9.58. The number of rotatable bonds is 5. The molecule has 1 aromatic rings. The van der Waals surface area contributed by atoms with Crippen LogP contribution in [0.2, 0.25) is 0 Å². The van der Waals surface area contributed by atoms with Crippen LogP contribution in [0.4, 0.5) is 5.69 Å². The minimum Gasteiger partial charge on any atom is -0.338 e. The molecule has 6 nitrogen and oxygen atoms in total. The zero-order chi connectivity index (χ0) is 17.9. The smallest absolute Gasteiger partial charge is 0.246 e. The van der Waals surface area contributed by atoms with E-state index in [1.54, 1.807) is 30.0 Å². The Balaban J connectivity index is 2.22. The monoisotopic (exact) mass is 353 g/mol. The van der Waals surface area contributed by atoms with Gasteiger partial charge in [0.15, 0.2) is 0 Å². The van der Waals surface area contributed by atoms with Gasteiger partial charge >= 0.3 is 0 Å². The van der Waals surface area contributed by atoms with Gasteiger partial charge in [-0.2, -0.15) is 0 Å². The van der Waals surface area contributed by atoms with E-state index in [2.05, 4.69) is 11.8 Å². The normalized spacial score (nSPS) is 17.6. The minimum atomic E-state index is -3.56. The molecular weight excluding hydrogens is 326 g/mol. The van der Waals surface area contributed by atoms with Crippen LogP contribution in [0.15, 0.2) is 24.3 Å². The van der Waals surface area contributed by atoms with E-state index in [1.165, 1.54) is 4.31 Å². The van der Waals surface area contributed by atoms with Gasteiger partial charge in [0.1, 0.15) is 6.04 Å². The van der Waals surface area contributed by atoms with Crippen molar-refractivity contribution < 1.29 is 13.2 Å². The average molecular weight is 353 g/mol. The van der Waals surface area contributed by atoms with E-state index >= 15 is 0 Å². The summed E-state index contributed by atoms with van der Waals surface area (Å²) < 4.78 is 25.9. The largest absolute Gasteiger partial charge is 0.338 e. The van der Waals surface area contributed by atoms with E-state index in [-0.39, 0.29) is 5.91 Å². The Kier molecular flexibility index (Phi) is 5.87. The van der Waals surface area contributed by atoms with Crippen LogP contribution in [0.1, 0.15) is 19.4 Å². The molecule has 24 heavy (non-hydrogen) atoms. The van der Waals surface area contributed by atoms with E-state index < -0.39 is 16.1 Å². The lowest BCUT2D eigenvalue weighted by atomic mass is 10.2. The number of benzene rings is 1. The van der Waals surface area contributed by atoms with Gasteiger partial charge in [-0.25, -0.2) is 8.42 Å². The Labute approximate surface area is 145 Å². The van der Waals surface area contributed by atoms with Crippen LogP contribution in [0.25, 0.3) is 0 Å². The molecule has 1 heterocycles. The van der Waals surface area contributed by atoms with E-state index in [9.17, 15) is 13.2 Å². The first-order chi connectivity index (χ1) is 11.2. The van der Waals surface area contributed by atoms with Crippen LogP contribution in [0.3, 0.4) is 0 Å². The number of hydrogen-bond acceptors (Lipinski definition) is 4. The molecule has 0 spiro atoms. The van der Waals surface area contributed by atoms with Gasteiger partial charge in [-0.1, -0.05) is 19.1 Å². The summed E-state index contributed by atoms with van der Waals surface area (Å²) >= 11 is 0. The highest BCUT2D eigenvalue weighted by atomic mass is 32.2. The molecule has 1 fully saturated rings. The number of hydrogen-bond donors (Lipinski definition) is 0. The molecule has 1 aliphatic heterocycles. The van der Waals surface area contributed by atoms with Crippen LogP contribution in [0, 0.1) is 6.92 Å². The van der Waals surface area contributed by atoms with Gasteiger partial charge < -0.3 is 9.80 Å². The molecular formula is C17H27N3O3S. The summed E-state index contributed by atoms with van der Waals surface area (Å²) in [7, 11) is -3.56. The zero-order valence-corrected chi connectivity index (χ0v) is 15.7. The number of likely N-dealkylation sites (N-methyl/N-ethyl adjacent to an activating group) is 1. The molecule has 0 aromatic heterocycles. The van der Waals surface area contributed by atoms with Crippen LogP contribution >= 0.6 is 0 Å². The second-order valence-corrected chi connectivity index (χ2v) is 8.19. The predicted octanol–water partition coefficient (Wildman–Crippen LogP) is 1.31. The first-order valence-corrected chi connectivity index (χ1v) is 10.2. The van der Waals surface area contributed by atoms with Crippen LogP contribution in [-0.4, -0.2) is 69.1 Å². The summed E-state index contributed by atoms with van der Waals surface area (Å²) in [4.78, 5) is 16.9.